The van der Waals surface area contributed by atoms with Crippen molar-refractivity contribution in [1.82, 2.24) is 15.4 Å². The molecule has 1 heterocycles. The van der Waals surface area contributed by atoms with Crippen molar-refractivity contribution in [2.24, 2.45) is 0 Å². The Morgan fingerprint density at radius 3 is 2.44 bits per heavy atom. The summed E-state index contributed by atoms with van der Waals surface area (Å²) in [5.74, 6) is -0.220. The number of fused-ring (bicyclic) bond motifs is 1. The number of carbonyl (C=O) groups excluding carboxylic acids is 1. The van der Waals surface area contributed by atoms with Gasteiger partial charge in [-0.3, -0.25) is 4.79 Å². The van der Waals surface area contributed by atoms with E-state index in [2.05, 4.69) is 27.5 Å². The standard InChI is InChI=1S/C19H21N3O3S.ClH/c23-19(21-10-13-1-2-15-11-20-12-16(15)9-13)14-3-7-18(8-4-14)26(24,25)22-17-5-6-17;/h1-4,7-9,17,20,22H,5-6,10-12H2,(H,21,23);1H. The lowest BCUT2D eigenvalue weighted by molar-refractivity contribution is 0.0951. The second kappa shape index (κ2) is 7.98. The van der Waals surface area contributed by atoms with Gasteiger partial charge in [0.15, 0.2) is 0 Å². The molecule has 1 aliphatic carbocycles. The van der Waals surface area contributed by atoms with Gasteiger partial charge in [0.05, 0.1) is 4.90 Å². The summed E-state index contributed by atoms with van der Waals surface area (Å²) < 4.78 is 26.9. The Hall–Kier alpha value is -1.93. The van der Waals surface area contributed by atoms with Gasteiger partial charge >= 0.3 is 0 Å². The first-order valence-corrected chi connectivity index (χ1v) is 10.2. The molecule has 1 amide bonds. The highest BCUT2D eigenvalue weighted by Crippen LogP contribution is 2.22. The van der Waals surface area contributed by atoms with Gasteiger partial charge in [0.1, 0.15) is 0 Å². The predicted octanol–water partition coefficient (Wildman–Crippen LogP) is 2.08. The number of nitrogens with one attached hydrogen (secondary N) is 3. The minimum absolute atomic E-state index is 0. The molecule has 1 fully saturated rings. The lowest BCUT2D eigenvalue weighted by Gasteiger charge is -2.09. The summed E-state index contributed by atoms with van der Waals surface area (Å²) in [5, 5.41) is 6.18. The van der Waals surface area contributed by atoms with Crippen molar-refractivity contribution in [3.8, 4) is 0 Å². The van der Waals surface area contributed by atoms with E-state index < -0.39 is 10.0 Å². The van der Waals surface area contributed by atoms with Crippen molar-refractivity contribution >= 4 is 28.3 Å². The van der Waals surface area contributed by atoms with Crippen LogP contribution in [-0.2, 0) is 29.7 Å². The molecule has 0 aromatic heterocycles. The van der Waals surface area contributed by atoms with E-state index in [9.17, 15) is 13.2 Å². The van der Waals surface area contributed by atoms with Crippen molar-refractivity contribution in [2.75, 3.05) is 0 Å². The zero-order chi connectivity index (χ0) is 18.1. The van der Waals surface area contributed by atoms with Crippen LogP contribution >= 0.6 is 12.4 Å². The molecule has 0 radical (unpaired) electrons. The smallest absolute Gasteiger partial charge is 0.251 e. The Bertz CT molecular complexity index is 941. The summed E-state index contributed by atoms with van der Waals surface area (Å²) in [4.78, 5) is 12.5. The molecule has 0 saturated heterocycles. The molecule has 2 aromatic rings. The SMILES string of the molecule is Cl.O=C(NCc1ccc2c(c1)CNC2)c1ccc(S(=O)(=O)NC2CC2)cc1. The highest BCUT2D eigenvalue weighted by molar-refractivity contribution is 7.89. The van der Waals surface area contributed by atoms with Gasteiger partial charge in [0, 0.05) is 31.2 Å². The molecular formula is C19H22ClN3O3S. The summed E-state index contributed by atoms with van der Waals surface area (Å²) in [7, 11) is -3.49. The van der Waals surface area contributed by atoms with Crippen molar-refractivity contribution in [3.63, 3.8) is 0 Å². The summed E-state index contributed by atoms with van der Waals surface area (Å²) in [6.45, 7) is 2.20. The normalized spacial score (nSPS) is 15.7. The van der Waals surface area contributed by atoms with E-state index in [1.165, 1.54) is 23.3 Å². The van der Waals surface area contributed by atoms with Crippen LogP contribution in [0.2, 0.25) is 0 Å². The molecule has 8 heteroatoms. The van der Waals surface area contributed by atoms with E-state index in [0.29, 0.717) is 12.1 Å². The summed E-state index contributed by atoms with van der Waals surface area (Å²) in [6, 6.07) is 12.3. The van der Waals surface area contributed by atoms with Crippen molar-refractivity contribution in [2.45, 2.75) is 43.4 Å². The van der Waals surface area contributed by atoms with Gasteiger partial charge in [0.25, 0.3) is 5.91 Å². The molecule has 144 valence electrons. The first-order valence-electron chi connectivity index (χ1n) is 8.73. The van der Waals surface area contributed by atoms with Crippen LogP contribution in [0.15, 0.2) is 47.4 Å². The molecule has 2 aliphatic rings. The Morgan fingerprint density at radius 1 is 1.04 bits per heavy atom. The van der Waals surface area contributed by atoms with Crippen molar-refractivity contribution in [3.05, 3.63) is 64.7 Å². The molecule has 1 aliphatic heterocycles. The second-order valence-corrected chi connectivity index (χ2v) is 8.52. The van der Waals surface area contributed by atoms with Crippen LogP contribution < -0.4 is 15.4 Å². The maximum atomic E-state index is 12.3. The van der Waals surface area contributed by atoms with Crippen LogP contribution in [0.25, 0.3) is 0 Å². The zero-order valence-corrected chi connectivity index (χ0v) is 16.3. The lowest BCUT2D eigenvalue weighted by atomic mass is 10.1. The number of hydrogen-bond donors (Lipinski definition) is 3. The van der Waals surface area contributed by atoms with E-state index in [1.807, 2.05) is 6.07 Å². The average Bonchev–Trinajstić information content (AvgIpc) is 3.31. The first kappa shape index (κ1) is 19.8. The maximum absolute atomic E-state index is 12.3. The van der Waals surface area contributed by atoms with E-state index in [0.717, 1.165) is 31.5 Å². The number of rotatable bonds is 6. The molecule has 0 unspecified atom stereocenters. The van der Waals surface area contributed by atoms with Crippen LogP contribution in [0.3, 0.4) is 0 Å². The third-order valence-corrected chi connectivity index (χ3v) is 6.22. The Balaban J connectivity index is 0.00000210. The monoisotopic (exact) mass is 407 g/mol. The quantitative estimate of drug-likeness (QED) is 0.684. The number of amides is 1. The minimum atomic E-state index is -3.49. The Labute approximate surface area is 165 Å². The molecule has 0 spiro atoms. The fourth-order valence-corrected chi connectivity index (χ4v) is 4.32. The summed E-state index contributed by atoms with van der Waals surface area (Å²) in [6.07, 6.45) is 1.77. The van der Waals surface area contributed by atoms with Gasteiger partial charge < -0.3 is 10.6 Å². The minimum Gasteiger partial charge on any atom is -0.348 e. The average molecular weight is 408 g/mol. The maximum Gasteiger partial charge on any atom is 0.251 e. The van der Waals surface area contributed by atoms with Gasteiger partial charge in [-0.25, -0.2) is 13.1 Å². The Morgan fingerprint density at radius 2 is 1.74 bits per heavy atom. The number of sulfonamides is 1. The third kappa shape index (κ3) is 4.68. The number of halogens is 1. The number of benzene rings is 2. The summed E-state index contributed by atoms with van der Waals surface area (Å²) in [5.41, 5.74) is 4.07. The lowest BCUT2D eigenvalue weighted by Crippen LogP contribution is -2.26. The van der Waals surface area contributed by atoms with E-state index >= 15 is 0 Å². The largest absolute Gasteiger partial charge is 0.348 e. The first-order chi connectivity index (χ1) is 12.5. The molecule has 4 rings (SSSR count). The van der Waals surface area contributed by atoms with Crippen LogP contribution in [-0.4, -0.2) is 20.4 Å². The highest BCUT2D eigenvalue weighted by Gasteiger charge is 2.27. The van der Waals surface area contributed by atoms with Crippen molar-refractivity contribution in [1.29, 1.82) is 0 Å². The number of carbonyl (C=O) groups is 1. The molecule has 27 heavy (non-hydrogen) atoms. The molecule has 6 nitrogen and oxygen atoms in total. The molecule has 0 atom stereocenters. The molecular weight excluding hydrogens is 386 g/mol. The van der Waals surface area contributed by atoms with E-state index in [4.69, 9.17) is 0 Å². The Kier molecular flexibility index (Phi) is 5.86. The van der Waals surface area contributed by atoms with Crippen LogP contribution in [0.5, 0.6) is 0 Å². The van der Waals surface area contributed by atoms with Crippen LogP contribution in [0, 0.1) is 0 Å². The molecule has 1 saturated carbocycles. The van der Waals surface area contributed by atoms with Gasteiger partial charge in [-0.1, -0.05) is 18.2 Å². The summed E-state index contributed by atoms with van der Waals surface area (Å²) >= 11 is 0. The van der Waals surface area contributed by atoms with E-state index in [-0.39, 0.29) is 29.3 Å². The molecule has 3 N–H and O–H groups in total. The second-order valence-electron chi connectivity index (χ2n) is 6.81. The van der Waals surface area contributed by atoms with Crippen LogP contribution in [0.1, 0.15) is 39.9 Å². The fourth-order valence-electron chi connectivity index (χ4n) is 3.02. The van der Waals surface area contributed by atoms with Gasteiger partial charge in [-0.2, -0.15) is 0 Å². The molecule has 0 bridgehead atoms. The number of hydrogen-bond acceptors (Lipinski definition) is 4. The predicted molar refractivity (Wildman–Crippen MR) is 105 cm³/mol. The van der Waals surface area contributed by atoms with Crippen molar-refractivity contribution < 1.29 is 13.2 Å². The fraction of sp³-hybridized carbons (Fsp3) is 0.316. The topological polar surface area (TPSA) is 87.3 Å². The highest BCUT2D eigenvalue weighted by atomic mass is 35.5. The van der Waals surface area contributed by atoms with Gasteiger partial charge in [0.2, 0.25) is 10.0 Å². The van der Waals surface area contributed by atoms with Gasteiger partial charge in [-0.05, 0) is 53.8 Å². The van der Waals surface area contributed by atoms with Crippen LogP contribution in [0.4, 0.5) is 0 Å². The van der Waals surface area contributed by atoms with E-state index in [1.54, 1.807) is 12.1 Å². The van der Waals surface area contributed by atoms with Gasteiger partial charge in [-0.15, -0.1) is 12.4 Å². The zero-order valence-electron chi connectivity index (χ0n) is 14.7. The molecule has 2 aromatic carbocycles. The third-order valence-electron chi connectivity index (χ3n) is 4.68.